The maximum atomic E-state index is 13.9. The second kappa shape index (κ2) is 10.0. The van der Waals surface area contributed by atoms with Crippen LogP contribution in [0.5, 0.6) is 0 Å². The summed E-state index contributed by atoms with van der Waals surface area (Å²) in [5.41, 5.74) is 4.44. The van der Waals surface area contributed by atoms with Crippen LogP contribution in [-0.4, -0.2) is 43.1 Å². The highest BCUT2D eigenvalue weighted by Crippen LogP contribution is 2.54. The van der Waals surface area contributed by atoms with Crippen molar-refractivity contribution >= 4 is 35.4 Å². The van der Waals surface area contributed by atoms with E-state index < -0.39 is 34.9 Å². The van der Waals surface area contributed by atoms with Gasteiger partial charge in [0.1, 0.15) is 17.5 Å². The molecule has 42 heavy (non-hydrogen) atoms. The topological polar surface area (TPSA) is 140 Å². The first-order valence-electron chi connectivity index (χ1n) is 13.4. The van der Waals surface area contributed by atoms with E-state index in [4.69, 9.17) is 5.73 Å². The number of anilines is 2. The third-order valence-corrected chi connectivity index (χ3v) is 7.58. The van der Waals surface area contributed by atoms with Gasteiger partial charge in [-0.3, -0.25) is 14.6 Å². The van der Waals surface area contributed by atoms with Gasteiger partial charge in [0.15, 0.2) is 22.8 Å². The number of nitrogens with two attached hydrogens (primary N) is 1. The highest BCUT2D eigenvalue weighted by molar-refractivity contribution is 6.21. The van der Waals surface area contributed by atoms with Crippen LogP contribution in [0.25, 0.3) is 6.20 Å². The number of nitrogens with zero attached hydrogens (tertiary/aromatic N) is 5. The molecule has 2 saturated carbocycles. The second-order valence-corrected chi connectivity index (χ2v) is 10.6. The van der Waals surface area contributed by atoms with Crippen LogP contribution in [0, 0.1) is 11.7 Å². The molecule has 0 radical (unpaired) electrons. The van der Waals surface area contributed by atoms with E-state index in [1.807, 2.05) is 0 Å². The van der Waals surface area contributed by atoms with E-state index >= 15 is 0 Å². The first-order chi connectivity index (χ1) is 20.0. The normalized spacial score (nSPS) is 20.3. The second-order valence-electron chi connectivity index (χ2n) is 10.6. The van der Waals surface area contributed by atoms with Crippen molar-refractivity contribution in [2.24, 2.45) is 10.9 Å². The molecule has 2 aliphatic carbocycles. The minimum Gasteiger partial charge on any atom is -0.383 e. The lowest BCUT2D eigenvalue weighted by Gasteiger charge is -2.26. The number of aliphatic imine (C=N–C) groups is 1. The van der Waals surface area contributed by atoms with Crippen molar-refractivity contribution in [3.05, 3.63) is 71.3 Å². The van der Waals surface area contributed by atoms with Crippen LogP contribution < -0.4 is 16.4 Å². The number of aromatic nitrogens is 4. The lowest BCUT2D eigenvalue weighted by atomic mass is 9.76. The Morgan fingerprint density at radius 2 is 2.00 bits per heavy atom. The van der Waals surface area contributed by atoms with Gasteiger partial charge in [0.2, 0.25) is 11.8 Å². The van der Waals surface area contributed by atoms with Crippen molar-refractivity contribution in [1.82, 2.24) is 24.8 Å². The molecule has 1 aliphatic heterocycles. The average Bonchev–Trinajstić information content (AvgIpc) is 3.86. The summed E-state index contributed by atoms with van der Waals surface area (Å²) in [6, 6.07) is 5.59. The maximum absolute atomic E-state index is 13.9. The van der Waals surface area contributed by atoms with Gasteiger partial charge in [-0.05, 0) is 49.3 Å². The lowest BCUT2D eigenvalue weighted by molar-refractivity contribution is -0.141. The molecular formula is C28H26F4N8O2. The third-order valence-electron chi connectivity index (χ3n) is 7.58. The number of benzene rings is 1. The number of fused-ring (bicyclic) bond motifs is 1. The summed E-state index contributed by atoms with van der Waals surface area (Å²) in [4.78, 5) is 43.7. The zero-order valence-electron chi connectivity index (χ0n) is 22.2. The van der Waals surface area contributed by atoms with Gasteiger partial charge in [-0.1, -0.05) is 18.7 Å². The Hall–Kier alpha value is -4.62. The number of amides is 2. The molecule has 2 aromatic heterocycles. The van der Waals surface area contributed by atoms with Gasteiger partial charge in [0.25, 0.3) is 0 Å². The molecular weight excluding hydrogens is 556 g/mol. The molecule has 3 heterocycles. The number of nitrogen functional groups attached to an aromatic ring is 1. The number of rotatable bonds is 9. The first-order valence-corrected chi connectivity index (χ1v) is 13.4. The molecule has 1 atom stereocenters. The zero-order valence-corrected chi connectivity index (χ0v) is 22.2. The van der Waals surface area contributed by atoms with Gasteiger partial charge in [-0.15, -0.1) is 0 Å². The lowest BCUT2D eigenvalue weighted by Crippen LogP contribution is -2.51. The number of hydrogen-bond donors (Lipinski definition) is 3. The Kier molecular flexibility index (Phi) is 6.58. The fourth-order valence-corrected chi connectivity index (χ4v) is 5.33. The summed E-state index contributed by atoms with van der Waals surface area (Å²) >= 11 is 0. The highest BCUT2D eigenvalue weighted by atomic mass is 19.4. The van der Waals surface area contributed by atoms with Crippen molar-refractivity contribution in [3.8, 4) is 0 Å². The molecule has 2 fully saturated rings. The predicted molar refractivity (Wildman–Crippen MR) is 145 cm³/mol. The molecule has 3 aliphatic rings. The summed E-state index contributed by atoms with van der Waals surface area (Å²) in [7, 11) is 0. The molecule has 2 amide bonds. The van der Waals surface area contributed by atoms with Gasteiger partial charge in [-0.2, -0.15) is 13.2 Å². The minimum absolute atomic E-state index is 0.0261. The Bertz CT molecular complexity index is 1640. The fraction of sp³-hybridized carbons (Fsp3) is 0.357. The van der Waals surface area contributed by atoms with E-state index in [-0.39, 0.29) is 59.5 Å². The van der Waals surface area contributed by atoms with Crippen molar-refractivity contribution in [1.29, 1.82) is 0 Å². The van der Waals surface area contributed by atoms with Gasteiger partial charge < -0.3 is 20.9 Å². The molecule has 0 spiro atoms. The summed E-state index contributed by atoms with van der Waals surface area (Å²) in [5, 5.41) is 5.62. The van der Waals surface area contributed by atoms with Crippen LogP contribution in [0.15, 0.2) is 42.0 Å². The number of carbonyl (C=O) groups excluding carboxylic acids is 2. The Morgan fingerprint density at radius 3 is 2.64 bits per heavy atom. The predicted octanol–water partition coefficient (Wildman–Crippen LogP) is 3.62. The molecule has 4 N–H and O–H groups in total. The maximum Gasteiger partial charge on any atom is 0.434 e. The first kappa shape index (κ1) is 27.5. The third kappa shape index (κ3) is 4.90. The summed E-state index contributed by atoms with van der Waals surface area (Å²) < 4.78 is 55.4. The van der Waals surface area contributed by atoms with Crippen LogP contribution in [0.3, 0.4) is 0 Å². The minimum atomic E-state index is -4.72. The number of nitrogens with one attached hydrogen (secondary N) is 2. The molecule has 1 aromatic carbocycles. The quantitative estimate of drug-likeness (QED) is 0.200. The average molecular weight is 583 g/mol. The molecule has 10 nitrogen and oxygen atoms in total. The summed E-state index contributed by atoms with van der Waals surface area (Å²) in [6.45, 7) is 3.31. The fourth-order valence-electron chi connectivity index (χ4n) is 5.33. The number of alkyl halides is 3. The van der Waals surface area contributed by atoms with E-state index in [1.54, 1.807) is 6.07 Å². The van der Waals surface area contributed by atoms with E-state index in [2.05, 4.69) is 37.2 Å². The molecule has 218 valence electrons. The van der Waals surface area contributed by atoms with Gasteiger partial charge >= 0.3 is 6.18 Å². The van der Waals surface area contributed by atoms with Crippen LogP contribution in [0.2, 0.25) is 0 Å². The Labute approximate surface area is 237 Å². The molecule has 0 bridgehead atoms. The monoisotopic (exact) mass is 582 g/mol. The molecule has 3 aromatic rings. The van der Waals surface area contributed by atoms with E-state index in [0.29, 0.717) is 18.4 Å². The van der Waals surface area contributed by atoms with Gasteiger partial charge in [-0.25, -0.2) is 19.3 Å². The van der Waals surface area contributed by atoms with Crippen molar-refractivity contribution in [2.45, 2.75) is 56.3 Å². The van der Waals surface area contributed by atoms with E-state index in [1.165, 1.54) is 18.2 Å². The highest BCUT2D eigenvalue weighted by Gasteiger charge is 2.63. The van der Waals surface area contributed by atoms with Gasteiger partial charge in [0, 0.05) is 24.9 Å². The molecule has 6 rings (SSSR count). The Morgan fingerprint density at radius 1 is 1.24 bits per heavy atom. The summed E-state index contributed by atoms with van der Waals surface area (Å²) in [5.74, 6) is -1.72. The molecule has 14 heteroatoms. The molecule has 1 unspecified atom stereocenters. The van der Waals surface area contributed by atoms with Crippen molar-refractivity contribution < 1.29 is 27.2 Å². The van der Waals surface area contributed by atoms with Crippen LogP contribution in [-0.2, 0) is 34.1 Å². The van der Waals surface area contributed by atoms with Crippen molar-refractivity contribution in [3.63, 3.8) is 0 Å². The number of hydrogen-bond acceptors (Lipinski definition) is 7. The Balaban J connectivity index is 1.37. The zero-order chi connectivity index (χ0) is 29.8. The number of imidazole rings is 1. The van der Waals surface area contributed by atoms with Crippen LogP contribution in [0.4, 0.5) is 29.2 Å². The van der Waals surface area contributed by atoms with E-state index in [0.717, 1.165) is 29.8 Å². The summed E-state index contributed by atoms with van der Waals surface area (Å²) in [6.07, 6.45) is 0.194. The molecule has 0 saturated heterocycles. The number of halogens is 4. The number of carbonyl (C=O) groups is 2. The van der Waals surface area contributed by atoms with Crippen LogP contribution in [0.1, 0.15) is 54.2 Å². The van der Waals surface area contributed by atoms with Gasteiger partial charge in [0.05, 0.1) is 17.8 Å². The standard InChI is InChI=1S/C28H26F4N8O2/c1-2-40-13-19(28(30,31)32)36-24(40)18(11-14-4-3-5-16(29)10-14)34-12-20-37-22(33)21-23(38-20)39-26(42)27(21,15-6-7-15)25(41)35-17-8-9-17/h2-5,10,13,15,17H,1,6-9,11-12H2,(H,35,41)(H3,33,37,38,39,42). The van der Waals surface area contributed by atoms with Crippen molar-refractivity contribution in [2.75, 3.05) is 11.1 Å². The smallest absolute Gasteiger partial charge is 0.383 e. The van der Waals surface area contributed by atoms with Crippen LogP contribution >= 0.6 is 0 Å². The SMILES string of the molecule is C=Cn1cc(C(F)(F)F)nc1C(Cc1cccc(F)c1)=NCc1nc(N)c2c(n1)NC(=O)C2(C(=O)NC1CC1)C1CC1. The van der Waals surface area contributed by atoms with E-state index in [9.17, 15) is 27.2 Å². The largest absolute Gasteiger partial charge is 0.434 e.